The summed E-state index contributed by atoms with van der Waals surface area (Å²) in [7, 11) is 0. The van der Waals surface area contributed by atoms with E-state index in [0.717, 1.165) is 19.4 Å². The molecular formula is C5H9NO2. The van der Waals surface area contributed by atoms with E-state index in [0.29, 0.717) is 6.54 Å². The minimum atomic E-state index is 0.132. The van der Waals surface area contributed by atoms with Crippen LogP contribution in [0.15, 0.2) is 5.18 Å². The third-order valence-electron chi connectivity index (χ3n) is 1.30. The highest BCUT2D eigenvalue weighted by Gasteiger charge is 2.14. The van der Waals surface area contributed by atoms with Gasteiger partial charge in [-0.2, -0.15) is 4.91 Å². The van der Waals surface area contributed by atoms with Crippen LogP contribution in [0.2, 0.25) is 0 Å². The van der Waals surface area contributed by atoms with E-state index in [2.05, 4.69) is 5.18 Å². The van der Waals surface area contributed by atoms with Gasteiger partial charge in [-0.15, -0.1) is 0 Å². The Balaban J connectivity index is 2.14. The predicted octanol–water partition coefficient (Wildman–Crippen LogP) is 0.932. The number of nitroso groups, excluding NO2 is 1. The molecule has 0 aromatic heterocycles. The van der Waals surface area contributed by atoms with Gasteiger partial charge in [0.2, 0.25) is 0 Å². The topological polar surface area (TPSA) is 38.7 Å². The van der Waals surface area contributed by atoms with Gasteiger partial charge in [-0.1, -0.05) is 5.18 Å². The van der Waals surface area contributed by atoms with E-state index in [-0.39, 0.29) is 6.10 Å². The molecule has 3 heteroatoms. The van der Waals surface area contributed by atoms with Crippen LogP contribution in [0, 0.1) is 4.91 Å². The summed E-state index contributed by atoms with van der Waals surface area (Å²) in [5.41, 5.74) is 0. The lowest BCUT2D eigenvalue weighted by molar-refractivity contribution is 0.117. The van der Waals surface area contributed by atoms with Gasteiger partial charge < -0.3 is 4.74 Å². The van der Waals surface area contributed by atoms with Crippen LogP contribution in [-0.2, 0) is 4.74 Å². The number of rotatable bonds is 2. The number of hydrogen-bond donors (Lipinski definition) is 0. The Morgan fingerprint density at radius 1 is 1.75 bits per heavy atom. The molecule has 1 rings (SSSR count). The second-order valence-corrected chi connectivity index (χ2v) is 1.95. The van der Waals surface area contributed by atoms with Crippen molar-refractivity contribution in [1.82, 2.24) is 0 Å². The summed E-state index contributed by atoms with van der Waals surface area (Å²) in [6.45, 7) is 1.14. The predicted molar refractivity (Wildman–Crippen MR) is 29.6 cm³/mol. The first-order valence-corrected chi connectivity index (χ1v) is 2.84. The lowest BCUT2D eigenvalue weighted by atomic mass is 10.2. The highest BCUT2D eigenvalue weighted by atomic mass is 16.5. The van der Waals surface area contributed by atoms with Crippen LogP contribution in [0.1, 0.15) is 12.8 Å². The molecule has 1 aliphatic heterocycles. The van der Waals surface area contributed by atoms with Gasteiger partial charge in [0.15, 0.2) is 0 Å². The summed E-state index contributed by atoms with van der Waals surface area (Å²) >= 11 is 0. The van der Waals surface area contributed by atoms with Crippen LogP contribution < -0.4 is 0 Å². The minimum Gasteiger partial charge on any atom is -0.376 e. The maximum absolute atomic E-state index is 9.63. The van der Waals surface area contributed by atoms with Gasteiger partial charge in [0, 0.05) is 6.61 Å². The maximum Gasteiger partial charge on any atom is 0.107 e. The van der Waals surface area contributed by atoms with Crippen molar-refractivity contribution >= 4 is 0 Å². The average Bonchev–Trinajstić information content (AvgIpc) is 2.19. The van der Waals surface area contributed by atoms with E-state index >= 15 is 0 Å². The van der Waals surface area contributed by atoms with Gasteiger partial charge in [-0.05, 0) is 12.8 Å². The van der Waals surface area contributed by atoms with E-state index in [4.69, 9.17) is 4.74 Å². The molecule has 0 bridgehead atoms. The monoisotopic (exact) mass is 115 g/mol. The molecule has 1 aliphatic rings. The van der Waals surface area contributed by atoms with Crippen molar-refractivity contribution in [2.24, 2.45) is 5.18 Å². The van der Waals surface area contributed by atoms with Crippen LogP contribution in [0.25, 0.3) is 0 Å². The van der Waals surface area contributed by atoms with Crippen molar-refractivity contribution in [2.45, 2.75) is 18.9 Å². The number of nitrogens with zero attached hydrogens (tertiary/aromatic N) is 1. The van der Waals surface area contributed by atoms with Gasteiger partial charge in [-0.25, -0.2) is 0 Å². The van der Waals surface area contributed by atoms with Crippen LogP contribution >= 0.6 is 0 Å². The zero-order valence-electron chi connectivity index (χ0n) is 4.67. The highest BCUT2D eigenvalue weighted by molar-refractivity contribution is 4.65. The Morgan fingerprint density at radius 2 is 2.62 bits per heavy atom. The first-order valence-electron chi connectivity index (χ1n) is 2.84. The zero-order valence-corrected chi connectivity index (χ0v) is 4.67. The molecule has 0 aromatic carbocycles. The average molecular weight is 115 g/mol. The molecule has 0 aromatic rings. The fourth-order valence-corrected chi connectivity index (χ4v) is 0.871. The quantitative estimate of drug-likeness (QED) is 0.502. The molecule has 0 radical (unpaired) electrons. The van der Waals surface area contributed by atoms with Gasteiger partial charge in [0.05, 0.1) is 6.10 Å². The fourth-order valence-electron chi connectivity index (χ4n) is 0.871. The summed E-state index contributed by atoms with van der Waals surface area (Å²) in [4.78, 5) is 9.63. The Hall–Kier alpha value is -0.440. The third-order valence-corrected chi connectivity index (χ3v) is 1.30. The van der Waals surface area contributed by atoms with E-state index < -0.39 is 0 Å². The summed E-state index contributed by atoms with van der Waals surface area (Å²) in [5.74, 6) is 0. The summed E-state index contributed by atoms with van der Waals surface area (Å²) in [6.07, 6.45) is 2.22. The number of ether oxygens (including phenoxy) is 1. The summed E-state index contributed by atoms with van der Waals surface area (Å²) in [5, 5.41) is 2.74. The zero-order chi connectivity index (χ0) is 5.82. The molecular weight excluding hydrogens is 106 g/mol. The van der Waals surface area contributed by atoms with Gasteiger partial charge in [0.1, 0.15) is 6.54 Å². The van der Waals surface area contributed by atoms with Crippen LogP contribution in [0.5, 0.6) is 0 Å². The van der Waals surface area contributed by atoms with Crippen molar-refractivity contribution in [3.05, 3.63) is 4.91 Å². The third kappa shape index (κ3) is 1.26. The number of hydrogen-bond acceptors (Lipinski definition) is 3. The lowest BCUT2D eigenvalue weighted by Gasteiger charge is -1.99. The molecule has 0 N–H and O–H groups in total. The molecule has 0 aliphatic carbocycles. The smallest absolute Gasteiger partial charge is 0.107 e. The van der Waals surface area contributed by atoms with E-state index in [1.807, 2.05) is 0 Å². The Labute approximate surface area is 48.0 Å². The van der Waals surface area contributed by atoms with E-state index in [9.17, 15) is 4.91 Å². The van der Waals surface area contributed by atoms with E-state index in [1.165, 1.54) is 0 Å². The summed E-state index contributed by atoms with van der Waals surface area (Å²) in [6, 6.07) is 0. The van der Waals surface area contributed by atoms with Crippen molar-refractivity contribution in [3.63, 3.8) is 0 Å². The van der Waals surface area contributed by atoms with Crippen molar-refractivity contribution in [3.8, 4) is 0 Å². The Kier molecular flexibility index (Phi) is 1.97. The fraction of sp³-hybridized carbons (Fsp3) is 1.00. The molecule has 46 valence electrons. The van der Waals surface area contributed by atoms with Crippen LogP contribution in [0.4, 0.5) is 0 Å². The Morgan fingerprint density at radius 3 is 3.12 bits per heavy atom. The largest absolute Gasteiger partial charge is 0.376 e. The highest BCUT2D eigenvalue weighted by Crippen LogP contribution is 2.11. The molecule has 3 nitrogen and oxygen atoms in total. The molecule has 0 unspecified atom stereocenters. The molecule has 8 heavy (non-hydrogen) atoms. The standard InChI is InChI=1S/C5H9NO2/c7-6-4-5-2-1-3-8-5/h5H,1-4H2/t5-/m0/s1. The lowest BCUT2D eigenvalue weighted by Crippen LogP contribution is -2.07. The Bertz CT molecular complexity index is 78.5. The van der Waals surface area contributed by atoms with Crippen molar-refractivity contribution in [2.75, 3.05) is 13.2 Å². The van der Waals surface area contributed by atoms with Gasteiger partial charge in [-0.3, -0.25) is 0 Å². The molecule has 0 saturated carbocycles. The molecule has 1 atom stereocenters. The second-order valence-electron chi connectivity index (χ2n) is 1.95. The second kappa shape index (κ2) is 2.77. The molecule has 0 spiro atoms. The SMILES string of the molecule is O=NC[C@@H]1CCCO1. The van der Waals surface area contributed by atoms with Gasteiger partial charge >= 0.3 is 0 Å². The van der Waals surface area contributed by atoms with E-state index in [1.54, 1.807) is 0 Å². The first kappa shape index (κ1) is 5.69. The maximum atomic E-state index is 9.63. The molecule has 1 heterocycles. The van der Waals surface area contributed by atoms with Crippen LogP contribution in [0.3, 0.4) is 0 Å². The first-order chi connectivity index (χ1) is 3.93. The molecule has 0 amide bonds. The minimum absolute atomic E-state index is 0.132. The van der Waals surface area contributed by atoms with Gasteiger partial charge in [0.25, 0.3) is 0 Å². The van der Waals surface area contributed by atoms with Crippen molar-refractivity contribution < 1.29 is 4.74 Å². The summed E-state index contributed by atoms with van der Waals surface area (Å²) < 4.78 is 5.10. The molecule has 1 saturated heterocycles. The normalized spacial score (nSPS) is 28.2. The van der Waals surface area contributed by atoms with Crippen molar-refractivity contribution in [1.29, 1.82) is 0 Å². The van der Waals surface area contributed by atoms with Crippen LogP contribution in [-0.4, -0.2) is 19.3 Å². The molecule has 1 fully saturated rings.